The number of carbonyl (C=O) groups is 5. The van der Waals surface area contributed by atoms with Crippen molar-refractivity contribution >= 4 is 35.9 Å². The van der Waals surface area contributed by atoms with E-state index in [1.165, 1.54) is 0 Å². The molecule has 2 aromatic rings. The third-order valence-electron chi connectivity index (χ3n) is 7.51. The molecule has 1 aliphatic heterocycles. The van der Waals surface area contributed by atoms with E-state index in [2.05, 4.69) is 31.6 Å². The van der Waals surface area contributed by atoms with Crippen LogP contribution in [-0.2, 0) is 36.8 Å². The van der Waals surface area contributed by atoms with E-state index in [0.29, 0.717) is 13.0 Å². The fourth-order valence-corrected chi connectivity index (χ4v) is 5.11. The van der Waals surface area contributed by atoms with Crippen LogP contribution in [0.3, 0.4) is 0 Å². The highest BCUT2D eigenvalue weighted by atomic mass is 16.3. The van der Waals surface area contributed by atoms with Crippen molar-refractivity contribution in [2.45, 2.75) is 76.2 Å². The first kappa shape index (κ1) is 35.7. The van der Waals surface area contributed by atoms with Crippen LogP contribution in [0, 0.1) is 5.92 Å². The molecule has 8 N–H and O–H groups in total. The largest absolute Gasteiger partial charge is 0.394 e. The third kappa shape index (κ3) is 11.3. The summed E-state index contributed by atoms with van der Waals surface area (Å²) in [6, 6.07) is 12.2. The van der Waals surface area contributed by atoms with E-state index in [1.807, 2.05) is 50.2 Å². The Morgan fingerprint density at radius 3 is 1.57 bits per heavy atom. The maximum Gasteiger partial charge on any atom is 0.245 e. The zero-order valence-electron chi connectivity index (χ0n) is 26.3. The Labute approximate surface area is 269 Å². The molecule has 5 amide bonds. The summed E-state index contributed by atoms with van der Waals surface area (Å²) in [6.45, 7) is 3.30. The van der Waals surface area contributed by atoms with Gasteiger partial charge in [-0.2, -0.15) is 0 Å². The summed E-state index contributed by atoms with van der Waals surface area (Å²) in [5.74, 6) is -3.38. The van der Waals surface area contributed by atoms with Crippen molar-refractivity contribution in [1.29, 1.82) is 0 Å². The standard InChI is InChI=1S/C33H45N7O6/c1-21(2)16-25-30(43)40-28(19-41)33(46)39-26(17-22-10-5-3-6-11-22)31(44)36-24(14-9-15-35-20-34)29(42)38-27(32(45)37-25)18-23-12-7-4-8-13-23/h3-8,10-13,20-21,24-28,41H,9,14-19H2,1-2H3,(H2,34,35)(H,36,44)(H,37,45)(H,38,42)(H,39,46)(H,40,43). The van der Waals surface area contributed by atoms with Crippen molar-refractivity contribution in [3.63, 3.8) is 0 Å². The van der Waals surface area contributed by atoms with Crippen LogP contribution in [0.1, 0.15) is 44.2 Å². The monoisotopic (exact) mass is 635 g/mol. The molecule has 1 aliphatic rings. The first-order valence-corrected chi connectivity index (χ1v) is 15.5. The Balaban J connectivity index is 2.04. The molecule has 0 radical (unpaired) electrons. The van der Waals surface area contributed by atoms with Crippen LogP contribution in [-0.4, -0.2) is 84.3 Å². The summed E-state index contributed by atoms with van der Waals surface area (Å²) in [5.41, 5.74) is 6.87. The lowest BCUT2D eigenvalue weighted by Crippen LogP contribution is -2.59. The van der Waals surface area contributed by atoms with Crippen LogP contribution in [0.15, 0.2) is 65.7 Å². The molecule has 13 heteroatoms. The topological polar surface area (TPSA) is 204 Å². The van der Waals surface area contributed by atoms with E-state index >= 15 is 0 Å². The summed E-state index contributed by atoms with van der Waals surface area (Å²) in [4.78, 5) is 72.0. The molecular formula is C33H45N7O6. The molecule has 2 aromatic carbocycles. The highest BCUT2D eigenvalue weighted by molar-refractivity contribution is 5.98. The lowest BCUT2D eigenvalue weighted by atomic mass is 10.0. The van der Waals surface area contributed by atoms with E-state index < -0.39 is 66.4 Å². The fourth-order valence-electron chi connectivity index (χ4n) is 5.11. The van der Waals surface area contributed by atoms with Crippen LogP contribution >= 0.6 is 0 Å². The number of hydrogen-bond acceptors (Lipinski definition) is 7. The summed E-state index contributed by atoms with van der Waals surface area (Å²) < 4.78 is 0. The Kier molecular flexibility index (Phi) is 14.2. The van der Waals surface area contributed by atoms with Gasteiger partial charge in [0.2, 0.25) is 29.5 Å². The van der Waals surface area contributed by atoms with E-state index in [0.717, 1.165) is 17.5 Å². The molecule has 13 nitrogen and oxygen atoms in total. The molecule has 5 atom stereocenters. The number of nitrogens with two attached hydrogens (primary N) is 1. The third-order valence-corrected chi connectivity index (χ3v) is 7.51. The summed E-state index contributed by atoms with van der Waals surface area (Å²) in [7, 11) is 0. The SMILES string of the molecule is CC(C)CC1NC(=O)C(Cc2ccccc2)NC(=O)C(CCCN=CN)NC(=O)C(Cc2ccccc2)NC(=O)C(CO)NC1=O. The number of aliphatic hydroxyl groups is 1. The average Bonchev–Trinajstić information content (AvgIpc) is 3.04. The second-order valence-electron chi connectivity index (χ2n) is 11.7. The fraction of sp³-hybridized carbons (Fsp3) is 0.455. The Morgan fingerprint density at radius 2 is 1.09 bits per heavy atom. The van der Waals surface area contributed by atoms with Gasteiger partial charge in [0.25, 0.3) is 0 Å². The van der Waals surface area contributed by atoms with Crippen LogP contribution in [0.2, 0.25) is 0 Å². The Morgan fingerprint density at radius 1 is 0.674 bits per heavy atom. The minimum atomic E-state index is -1.40. The molecule has 248 valence electrons. The van der Waals surface area contributed by atoms with E-state index in [9.17, 15) is 29.1 Å². The van der Waals surface area contributed by atoms with Crippen LogP contribution in [0.5, 0.6) is 0 Å². The number of aliphatic hydroxyl groups excluding tert-OH is 1. The second-order valence-corrected chi connectivity index (χ2v) is 11.7. The van der Waals surface area contributed by atoms with Gasteiger partial charge < -0.3 is 37.4 Å². The molecule has 0 aliphatic carbocycles. The molecule has 1 heterocycles. The summed E-state index contributed by atoms with van der Waals surface area (Å²) in [5, 5.41) is 23.5. The highest BCUT2D eigenvalue weighted by Crippen LogP contribution is 2.11. The van der Waals surface area contributed by atoms with E-state index in [4.69, 9.17) is 5.73 Å². The zero-order valence-corrected chi connectivity index (χ0v) is 26.3. The maximum absolute atomic E-state index is 13.8. The van der Waals surface area contributed by atoms with Gasteiger partial charge >= 0.3 is 0 Å². The second kappa shape index (κ2) is 18.3. The van der Waals surface area contributed by atoms with Crippen LogP contribution in [0.25, 0.3) is 0 Å². The number of benzene rings is 2. The van der Waals surface area contributed by atoms with Crippen molar-refractivity contribution in [1.82, 2.24) is 26.6 Å². The number of amides is 5. The molecule has 5 unspecified atom stereocenters. The van der Waals surface area contributed by atoms with Gasteiger partial charge in [0.15, 0.2) is 0 Å². The highest BCUT2D eigenvalue weighted by Gasteiger charge is 2.34. The van der Waals surface area contributed by atoms with Crippen LogP contribution in [0.4, 0.5) is 0 Å². The molecule has 0 bridgehead atoms. The molecule has 3 rings (SSSR count). The first-order chi connectivity index (χ1) is 22.1. The number of nitrogens with one attached hydrogen (secondary N) is 5. The van der Waals surface area contributed by atoms with Gasteiger partial charge in [-0.15, -0.1) is 0 Å². The van der Waals surface area contributed by atoms with Gasteiger partial charge in [-0.3, -0.25) is 29.0 Å². The number of rotatable bonds is 11. The van der Waals surface area contributed by atoms with Crippen molar-refractivity contribution in [2.24, 2.45) is 16.6 Å². The number of carbonyl (C=O) groups excluding carboxylic acids is 5. The quantitative estimate of drug-likeness (QED) is 0.0998. The number of nitrogens with zero attached hydrogens (tertiary/aromatic N) is 1. The van der Waals surface area contributed by atoms with Gasteiger partial charge in [-0.25, -0.2) is 0 Å². The summed E-state index contributed by atoms with van der Waals surface area (Å²) in [6.07, 6.45) is 2.12. The lowest BCUT2D eigenvalue weighted by molar-refractivity contribution is -0.134. The lowest BCUT2D eigenvalue weighted by Gasteiger charge is -2.26. The Bertz CT molecular complexity index is 1340. The smallest absolute Gasteiger partial charge is 0.245 e. The van der Waals surface area contributed by atoms with Crippen molar-refractivity contribution in [3.05, 3.63) is 71.8 Å². The molecule has 1 saturated heterocycles. The average molecular weight is 636 g/mol. The van der Waals surface area contributed by atoms with Crippen LogP contribution < -0.4 is 32.3 Å². The predicted octanol–water partition coefficient (Wildman–Crippen LogP) is -0.285. The molecule has 0 aromatic heterocycles. The minimum absolute atomic E-state index is 0.0284. The van der Waals surface area contributed by atoms with Gasteiger partial charge in [0.1, 0.15) is 30.2 Å². The van der Waals surface area contributed by atoms with Crippen molar-refractivity contribution < 1.29 is 29.1 Å². The minimum Gasteiger partial charge on any atom is -0.394 e. The Hall–Kier alpha value is -4.78. The molecule has 46 heavy (non-hydrogen) atoms. The van der Waals surface area contributed by atoms with Crippen molar-refractivity contribution in [2.75, 3.05) is 13.2 Å². The molecular weight excluding hydrogens is 590 g/mol. The normalized spacial score (nSPS) is 23.5. The van der Waals surface area contributed by atoms with Crippen molar-refractivity contribution in [3.8, 4) is 0 Å². The maximum atomic E-state index is 13.8. The van der Waals surface area contributed by atoms with Gasteiger partial charge in [-0.1, -0.05) is 74.5 Å². The molecule has 1 fully saturated rings. The number of hydrogen-bond donors (Lipinski definition) is 7. The number of aliphatic imine (C=N–C) groups is 1. The predicted molar refractivity (Wildman–Crippen MR) is 173 cm³/mol. The van der Waals surface area contributed by atoms with Gasteiger partial charge in [-0.05, 0) is 36.3 Å². The van der Waals surface area contributed by atoms with E-state index in [1.54, 1.807) is 24.3 Å². The van der Waals surface area contributed by atoms with E-state index in [-0.39, 0.29) is 31.6 Å². The van der Waals surface area contributed by atoms with Gasteiger partial charge in [0.05, 0.1) is 12.9 Å². The zero-order chi connectivity index (χ0) is 33.5. The first-order valence-electron chi connectivity index (χ1n) is 15.5. The molecule has 0 saturated carbocycles. The molecule has 0 spiro atoms. The van der Waals surface area contributed by atoms with Gasteiger partial charge in [0, 0.05) is 19.4 Å². The summed E-state index contributed by atoms with van der Waals surface area (Å²) >= 11 is 0.